The Morgan fingerprint density at radius 2 is 2.04 bits per heavy atom. The zero-order valence-corrected chi connectivity index (χ0v) is 14.5. The fourth-order valence-electron chi connectivity index (χ4n) is 3.95. The maximum atomic E-state index is 13.3. The molecular formula is C19H23FN4O. The van der Waals surface area contributed by atoms with Crippen LogP contribution in [0.3, 0.4) is 0 Å². The topological polar surface area (TPSA) is 52.2 Å². The molecule has 1 aromatic heterocycles. The molecule has 0 aliphatic carbocycles. The summed E-state index contributed by atoms with van der Waals surface area (Å²) in [7, 11) is 2.06. The third-order valence-electron chi connectivity index (χ3n) is 5.35. The fourth-order valence-corrected chi connectivity index (χ4v) is 3.95. The predicted octanol–water partition coefficient (Wildman–Crippen LogP) is 2.90. The summed E-state index contributed by atoms with van der Waals surface area (Å²) in [5, 5.41) is 7.40. The Morgan fingerprint density at radius 3 is 2.84 bits per heavy atom. The van der Waals surface area contributed by atoms with E-state index in [2.05, 4.69) is 22.1 Å². The van der Waals surface area contributed by atoms with Crippen molar-refractivity contribution >= 4 is 5.91 Å². The molecule has 3 heterocycles. The predicted molar refractivity (Wildman–Crippen MR) is 92.7 cm³/mol. The summed E-state index contributed by atoms with van der Waals surface area (Å²) in [6.07, 6.45) is 3.88. The number of piperidine rings is 1. The van der Waals surface area contributed by atoms with Gasteiger partial charge in [0.1, 0.15) is 5.82 Å². The van der Waals surface area contributed by atoms with Gasteiger partial charge >= 0.3 is 0 Å². The molecule has 0 bridgehead atoms. The molecule has 0 radical (unpaired) electrons. The molecule has 0 unspecified atom stereocenters. The van der Waals surface area contributed by atoms with Gasteiger partial charge in [0.2, 0.25) is 0 Å². The number of benzene rings is 1. The number of carbonyl (C=O) groups excluding carboxylic acids is 1. The van der Waals surface area contributed by atoms with Gasteiger partial charge in [-0.15, -0.1) is 0 Å². The van der Waals surface area contributed by atoms with Gasteiger partial charge < -0.3 is 9.80 Å². The smallest absolute Gasteiger partial charge is 0.275 e. The average Bonchev–Trinajstić information content (AvgIpc) is 3.05. The van der Waals surface area contributed by atoms with Gasteiger partial charge in [-0.25, -0.2) is 4.39 Å². The third-order valence-corrected chi connectivity index (χ3v) is 5.35. The molecule has 0 spiro atoms. The molecule has 1 saturated heterocycles. The summed E-state index contributed by atoms with van der Waals surface area (Å²) in [5.74, 6) is -0.260. The van der Waals surface area contributed by atoms with Crippen LogP contribution in [0.15, 0.2) is 24.3 Å². The molecule has 1 fully saturated rings. The van der Waals surface area contributed by atoms with Crippen molar-refractivity contribution in [3.8, 4) is 0 Å². The van der Waals surface area contributed by atoms with E-state index >= 15 is 0 Å². The Labute approximate surface area is 146 Å². The zero-order valence-electron chi connectivity index (χ0n) is 14.5. The minimum absolute atomic E-state index is 0.00415. The number of nitrogens with zero attached hydrogens (tertiary/aromatic N) is 3. The summed E-state index contributed by atoms with van der Waals surface area (Å²) < 4.78 is 13.3. The Bertz CT molecular complexity index is 770. The number of nitrogens with one attached hydrogen (secondary N) is 1. The van der Waals surface area contributed by atoms with Crippen molar-refractivity contribution < 1.29 is 9.18 Å². The maximum Gasteiger partial charge on any atom is 0.275 e. The Morgan fingerprint density at radius 1 is 1.24 bits per heavy atom. The molecule has 4 rings (SSSR count). The molecule has 2 aliphatic rings. The molecule has 5 nitrogen and oxygen atoms in total. The van der Waals surface area contributed by atoms with Crippen molar-refractivity contribution in [1.29, 1.82) is 0 Å². The van der Waals surface area contributed by atoms with Crippen molar-refractivity contribution in [2.24, 2.45) is 0 Å². The van der Waals surface area contributed by atoms with Crippen molar-refractivity contribution in [2.75, 3.05) is 20.1 Å². The third kappa shape index (κ3) is 3.06. The largest absolute Gasteiger partial charge is 0.330 e. The van der Waals surface area contributed by atoms with Crippen LogP contribution in [0.4, 0.5) is 4.39 Å². The van der Waals surface area contributed by atoms with Crippen molar-refractivity contribution in [3.05, 3.63) is 52.6 Å². The second kappa shape index (κ2) is 6.59. The van der Waals surface area contributed by atoms with Gasteiger partial charge in [0.05, 0.1) is 6.04 Å². The normalized spacial score (nSPS) is 21.2. The number of likely N-dealkylation sites (tertiary alicyclic amines) is 1. The van der Waals surface area contributed by atoms with Crippen LogP contribution in [-0.4, -0.2) is 46.0 Å². The van der Waals surface area contributed by atoms with Gasteiger partial charge in [-0.3, -0.25) is 9.89 Å². The van der Waals surface area contributed by atoms with Crippen LogP contribution in [0.1, 0.15) is 52.6 Å². The molecule has 1 atom stereocenters. The summed E-state index contributed by atoms with van der Waals surface area (Å²) in [6.45, 7) is 2.45. The van der Waals surface area contributed by atoms with Gasteiger partial charge in [0.25, 0.3) is 5.91 Å². The number of amides is 1. The molecule has 25 heavy (non-hydrogen) atoms. The van der Waals surface area contributed by atoms with Gasteiger partial charge in [-0.1, -0.05) is 12.1 Å². The number of aromatic nitrogens is 2. The SMILES string of the molecule is CN1CCc2[nH]nc(C(=O)N3CCCC[C@H]3c3ccc(F)cc3)c2C1. The standard InChI is InChI=1S/C19H23FN4O/c1-23-11-9-16-15(12-23)18(22-21-16)19(25)24-10-3-2-4-17(24)13-5-7-14(20)8-6-13/h5-8,17H,2-4,9-12H2,1H3,(H,21,22)/t17-/m0/s1. The molecule has 1 amide bonds. The lowest BCUT2D eigenvalue weighted by atomic mass is 9.94. The van der Waals surface area contributed by atoms with Crippen LogP contribution < -0.4 is 0 Å². The van der Waals surface area contributed by atoms with Crippen molar-refractivity contribution in [2.45, 2.75) is 38.3 Å². The number of H-pyrrole nitrogens is 1. The van der Waals surface area contributed by atoms with Gasteiger partial charge in [0, 0.05) is 37.3 Å². The fraction of sp³-hybridized carbons (Fsp3) is 0.474. The van der Waals surface area contributed by atoms with Crippen LogP contribution in [0.2, 0.25) is 0 Å². The second-order valence-corrected chi connectivity index (χ2v) is 7.08. The van der Waals surface area contributed by atoms with E-state index in [0.29, 0.717) is 5.69 Å². The first-order chi connectivity index (χ1) is 12.1. The van der Waals surface area contributed by atoms with Crippen LogP contribution >= 0.6 is 0 Å². The second-order valence-electron chi connectivity index (χ2n) is 7.08. The van der Waals surface area contributed by atoms with Gasteiger partial charge in [-0.2, -0.15) is 5.10 Å². The first-order valence-corrected chi connectivity index (χ1v) is 8.94. The Hall–Kier alpha value is -2.21. The van der Waals surface area contributed by atoms with E-state index in [-0.39, 0.29) is 17.8 Å². The van der Waals surface area contributed by atoms with E-state index in [1.165, 1.54) is 12.1 Å². The quantitative estimate of drug-likeness (QED) is 0.913. The molecule has 2 aromatic rings. The van der Waals surface area contributed by atoms with E-state index in [4.69, 9.17) is 0 Å². The highest BCUT2D eigenvalue weighted by Gasteiger charge is 2.33. The number of carbonyl (C=O) groups is 1. The van der Waals surface area contributed by atoms with E-state index in [0.717, 1.165) is 62.1 Å². The monoisotopic (exact) mass is 342 g/mol. The summed E-state index contributed by atoms with van der Waals surface area (Å²) in [5.41, 5.74) is 3.66. The van der Waals surface area contributed by atoms with Crippen LogP contribution in [0.5, 0.6) is 0 Å². The molecule has 2 aliphatic heterocycles. The number of hydrogen-bond acceptors (Lipinski definition) is 3. The van der Waals surface area contributed by atoms with E-state index in [1.807, 2.05) is 4.90 Å². The van der Waals surface area contributed by atoms with E-state index in [9.17, 15) is 9.18 Å². The first-order valence-electron chi connectivity index (χ1n) is 8.94. The summed E-state index contributed by atoms with van der Waals surface area (Å²) in [4.78, 5) is 17.4. The zero-order chi connectivity index (χ0) is 17.4. The van der Waals surface area contributed by atoms with Gasteiger partial charge in [0.15, 0.2) is 5.69 Å². The number of rotatable bonds is 2. The minimum atomic E-state index is -0.248. The lowest BCUT2D eigenvalue weighted by molar-refractivity contribution is 0.0603. The Kier molecular flexibility index (Phi) is 4.29. The van der Waals surface area contributed by atoms with E-state index in [1.54, 1.807) is 12.1 Å². The van der Waals surface area contributed by atoms with Crippen LogP contribution in [0, 0.1) is 5.82 Å². The maximum absolute atomic E-state index is 13.3. The highest BCUT2D eigenvalue weighted by molar-refractivity contribution is 5.94. The molecule has 132 valence electrons. The lowest BCUT2D eigenvalue weighted by Crippen LogP contribution is -2.39. The molecule has 1 aromatic carbocycles. The van der Waals surface area contributed by atoms with Crippen molar-refractivity contribution in [1.82, 2.24) is 20.0 Å². The van der Waals surface area contributed by atoms with Crippen molar-refractivity contribution in [3.63, 3.8) is 0 Å². The number of hydrogen-bond donors (Lipinski definition) is 1. The van der Waals surface area contributed by atoms with E-state index < -0.39 is 0 Å². The minimum Gasteiger partial charge on any atom is -0.330 e. The summed E-state index contributed by atoms with van der Waals surface area (Å²) in [6, 6.07) is 6.52. The number of halogens is 1. The number of fused-ring (bicyclic) bond motifs is 1. The number of aromatic amines is 1. The highest BCUT2D eigenvalue weighted by atomic mass is 19.1. The molecule has 0 saturated carbocycles. The molecule has 1 N–H and O–H groups in total. The highest BCUT2D eigenvalue weighted by Crippen LogP contribution is 2.33. The summed E-state index contributed by atoms with van der Waals surface area (Å²) >= 11 is 0. The molecular weight excluding hydrogens is 319 g/mol. The lowest BCUT2D eigenvalue weighted by Gasteiger charge is -2.36. The first kappa shape index (κ1) is 16.3. The number of likely N-dealkylation sites (N-methyl/N-ethyl adjacent to an activating group) is 1. The Balaban J connectivity index is 1.64. The van der Waals surface area contributed by atoms with Crippen LogP contribution in [-0.2, 0) is 13.0 Å². The molecule has 6 heteroatoms. The van der Waals surface area contributed by atoms with Gasteiger partial charge in [-0.05, 0) is 44.0 Å². The average molecular weight is 342 g/mol. The van der Waals surface area contributed by atoms with Crippen LogP contribution in [0.25, 0.3) is 0 Å².